The second-order valence-electron chi connectivity index (χ2n) is 4.43. The van der Waals surface area contributed by atoms with Crippen LogP contribution in [0.15, 0.2) is 42.5 Å². The number of carbonyl (C=O) groups is 1. The molecule has 1 heterocycles. The first kappa shape index (κ1) is 12.1. The van der Waals surface area contributed by atoms with Crippen molar-refractivity contribution >= 4 is 16.9 Å². The molecule has 0 fully saturated rings. The Morgan fingerprint density at radius 1 is 1.00 bits per heavy atom. The molecule has 0 saturated heterocycles. The maximum Gasteiger partial charge on any atom is 0.352 e. The molecule has 0 bridgehead atoms. The number of aromatic carboxylic acids is 1. The molecule has 0 unspecified atom stereocenters. The summed E-state index contributed by atoms with van der Waals surface area (Å²) < 4.78 is 0. The Morgan fingerprint density at radius 3 is 2.30 bits per heavy atom. The van der Waals surface area contributed by atoms with Gasteiger partial charge in [-0.25, -0.2) is 4.79 Å². The molecule has 0 aliphatic carbocycles. The van der Waals surface area contributed by atoms with Gasteiger partial charge in [0.2, 0.25) is 0 Å². The van der Waals surface area contributed by atoms with E-state index >= 15 is 0 Å². The number of rotatable bonds is 2. The second-order valence-corrected chi connectivity index (χ2v) is 4.43. The number of carboxylic acids is 1. The van der Waals surface area contributed by atoms with Crippen LogP contribution < -0.4 is 0 Å². The Morgan fingerprint density at radius 2 is 1.65 bits per heavy atom. The molecular weight excluding hydrogens is 258 g/mol. The van der Waals surface area contributed by atoms with Crippen molar-refractivity contribution in [1.82, 2.24) is 4.98 Å². The third kappa shape index (κ3) is 1.76. The number of aromatic nitrogens is 1. The van der Waals surface area contributed by atoms with Gasteiger partial charge in [-0.2, -0.15) is 0 Å². The summed E-state index contributed by atoms with van der Waals surface area (Å²) in [6, 6.07) is 11.7. The Labute approximate surface area is 113 Å². The topological polar surface area (TPSA) is 93.5 Å². The van der Waals surface area contributed by atoms with Crippen LogP contribution in [0.1, 0.15) is 10.5 Å². The monoisotopic (exact) mass is 269 g/mol. The lowest BCUT2D eigenvalue weighted by molar-refractivity contribution is 0.0692. The van der Waals surface area contributed by atoms with Crippen LogP contribution in [0, 0.1) is 0 Å². The maximum absolute atomic E-state index is 11.4. The van der Waals surface area contributed by atoms with Crippen molar-refractivity contribution in [2.24, 2.45) is 0 Å². The summed E-state index contributed by atoms with van der Waals surface area (Å²) in [5, 5.41) is 29.0. The number of fused-ring (bicyclic) bond motifs is 1. The fourth-order valence-electron chi connectivity index (χ4n) is 2.28. The van der Waals surface area contributed by atoms with Gasteiger partial charge in [0, 0.05) is 17.0 Å². The number of hydrogen-bond acceptors (Lipinski definition) is 3. The lowest BCUT2D eigenvalue weighted by Gasteiger charge is -2.02. The molecule has 0 atom stereocenters. The van der Waals surface area contributed by atoms with Gasteiger partial charge in [0.15, 0.2) is 11.5 Å². The first-order chi connectivity index (χ1) is 9.58. The van der Waals surface area contributed by atoms with Crippen LogP contribution in [0.25, 0.3) is 22.0 Å². The van der Waals surface area contributed by atoms with Crippen LogP contribution in [-0.2, 0) is 0 Å². The minimum atomic E-state index is -1.10. The normalized spacial score (nSPS) is 10.8. The number of aromatic hydroxyl groups is 2. The molecule has 3 aromatic rings. The molecule has 2 aromatic carbocycles. The summed E-state index contributed by atoms with van der Waals surface area (Å²) in [6.07, 6.45) is 0. The Hall–Kier alpha value is -2.95. The minimum absolute atomic E-state index is 0.0243. The molecule has 20 heavy (non-hydrogen) atoms. The number of nitrogens with one attached hydrogen (secondary N) is 1. The molecule has 5 heteroatoms. The van der Waals surface area contributed by atoms with Gasteiger partial charge in [0.05, 0.1) is 5.52 Å². The summed E-state index contributed by atoms with van der Waals surface area (Å²) in [7, 11) is 0. The highest BCUT2D eigenvalue weighted by molar-refractivity contribution is 6.08. The molecule has 1 aromatic heterocycles. The lowest BCUT2D eigenvalue weighted by Crippen LogP contribution is -1.98. The van der Waals surface area contributed by atoms with Crippen LogP contribution in [0.5, 0.6) is 11.5 Å². The number of H-pyrrole nitrogens is 1. The third-order valence-corrected chi connectivity index (χ3v) is 3.17. The predicted molar refractivity (Wildman–Crippen MR) is 74.0 cm³/mol. The fourth-order valence-corrected chi connectivity index (χ4v) is 2.28. The molecule has 4 N–H and O–H groups in total. The van der Waals surface area contributed by atoms with E-state index in [0.29, 0.717) is 16.5 Å². The highest BCUT2D eigenvalue weighted by atomic mass is 16.4. The smallest absolute Gasteiger partial charge is 0.352 e. The predicted octanol–water partition coefficient (Wildman–Crippen LogP) is 2.94. The minimum Gasteiger partial charge on any atom is -0.504 e. The molecule has 0 aliphatic rings. The van der Waals surface area contributed by atoms with Crippen molar-refractivity contribution in [3.05, 3.63) is 48.2 Å². The average Bonchev–Trinajstić information content (AvgIpc) is 2.79. The number of phenols is 2. The van der Waals surface area contributed by atoms with Crippen LogP contribution in [0.3, 0.4) is 0 Å². The van der Waals surface area contributed by atoms with Crippen molar-refractivity contribution in [1.29, 1.82) is 0 Å². The summed E-state index contributed by atoms with van der Waals surface area (Å²) in [4.78, 5) is 14.1. The molecule has 0 spiro atoms. The number of hydrogen-bond donors (Lipinski definition) is 4. The zero-order chi connectivity index (χ0) is 14.3. The summed E-state index contributed by atoms with van der Waals surface area (Å²) in [5.41, 5.74) is 1.69. The molecular formula is C15H11NO4. The maximum atomic E-state index is 11.4. The molecule has 100 valence electrons. The van der Waals surface area contributed by atoms with Crippen molar-refractivity contribution < 1.29 is 20.1 Å². The van der Waals surface area contributed by atoms with E-state index in [1.54, 1.807) is 24.3 Å². The summed E-state index contributed by atoms with van der Waals surface area (Å²) in [5.74, 6) is -1.68. The largest absolute Gasteiger partial charge is 0.504 e. The van der Waals surface area contributed by atoms with Gasteiger partial charge in [0.1, 0.15) is 5.69 Å². The van der Waals surface area contributed by atoms with Crippen LogP contribution >= 0.6 is 0 Å². The van der Waals surface area contributed by atoms with Crippen LogP contribution in [0.2, 0.25) is 0 Å². The molecule has 0 saturated carbocycles. The van der Waals surface area contributed by atoms with E-state index < -0.39 is 5.97 Å². The molecule has 0 radical (unpaired) electrons. The summed E-state index contributed by atoms with van der Waals surface area (Å²) in [6.45, 7) is 0. The van der Waals surface area contributed by atoms with Gasteiger partial charge >= 0.3 is 5.97 Å². The zero-order valence-electron chi connectivity index (χ0n) is 10.3. The first-order valence-corrected chi connectivity index (χ1v) is 5.94. The van der Waals surface area contributed by atoms with E-state index in [4.69, 9.17) is 0 Å². The quantitative estimate of drug-likeness (QED) is 0.538. The van der Waals surface area contributed by atoms with Crippen LogP contribution in [0.4, 0.5) is 0 Å². The highest BCUT2D eigenvalue weighted by Gasteiger charge is 2.19. The molecule has 0 aliphatic heterocycles. The Kier molecular flexibility index (Phi) is 2.61. The van der Waals surface area contributed by atoms with E-state index in [1.165, 1.54) is 12.1 Å². The Bertz CT molecular complexity index is 806. The van der Waals surface area contributed by atoms with Crippen molar-refractivity contribution in [3.63, 3.8) is 0 Å². The Balaban J connectivity index is 2.41. The van der Waals surface area contributed by atoms with Crippen molar-refractivity contribution in [3.8, 4) is 22.6 Å². The van der Waals surface area contributed by atoms with E-state index in [0.717, 1.165) is 5.56 Å². The number of carboxylic acid groups (broad SMARTS) is 1. The highest BCUT2D eigenvalue weighted by Crippen LogP contribution is 2.38. The van der Waals surface area contributed by atoms with Gasteiger partial charge in [-0.3, -0.25) is 0 Å². The number of phenolic OH excluding ortho intramolecular Hbond substituents is 2. The van der Waals surface area contributed by atoms with Crippen molar-refractivity contribution in [2.45, 2.75) is 0 Å². The van der Waals surface area contributed by atoms with Gasteiger partial charge in [-0.15, -0.1) is 0 Å². The van der Waals surface area contributed by atoms with E-state index in [-0.39, 0.29) is 17.2 Å². The van der Waals surface area contributed by atoms with Gasteiger partial charge in [-0.1, -0.05) is 30.3 Å². The standard InChI is InChI=1S/C15H11NO4/c17-11-6-9-10(7-12(11)18)16-14(15(19)20)13(9)8-4-2-1-3-5-8/h1-7,16-18H,(H,19,20). The number of benzene rings is 2. The lowest BCUT2D eigenvalue weighted by atomic mass is 10.0. The molecule has 0 amide bonds. The van der Waals surface area contributed by atoms with E-state index in [2.05, 4.69) is 4.98 Å². The zero-order valence-corrected chi connectivity index (χ0v) is 10.3. The van der Waals surface area contributed by atoms with Crippen LogP contribution in [-0.4, -0.2) is 26.3 Å². The number of aromatic amines is 1. The molecule has 5 nitrogen and oxygen atoms in total. The fraction of sp³-hybridized carbons (Fsp3) is 0. The average molecular weight is 269 g/mol. The molecule has 3 rings (SSSR count). The SMILES string of the molecule is O=C(O)c1[nH]c2cc(O)c(O)cc2c1-c1ccccc1. The van der Waals surface area contributed by atoms with E-state index in [1.807, 2.05) is 6.07 Å². The second kappa shape index (κ2) is 4.31. The first-order valence-electron chi connectivity index (χ1n) is 5.94. The van der Waals surface area contributed by atoms with Crippen molar-refractivity contribution in [2.75, 3.05) is 0 Å². The summed E-state index contributed by atoms with van der Waals surface area (Å²) >= 11 is 0. The van der Waals surface area contributed by atoms with Gasteiger partial charge in [0.25, 0.3) is 0 Å². The third-order valence-electron chi connectivity index (χ3n) is 3.17. The van der Waals surface area contributed by atoms with Gasteiger partial charge < -0.3 is 20.3 Å². The van der Waals surface area contributed by atoms with E-state index in [9.17, 15) is 20.1 Å². The van der Waals surface area contributed by atoms with Gasteiger partial charge in [-0.05, 0) is 11.6 Å².